The summed E-state index contributed by atoms with van der Waals surface area (Å²) in [7, 11) is 0. The lowest BCUT2D eigenvalue weighted by atomic mass is 10.1. The van der Waals surface area contributed by atoms with E-state index in [9.17, 15) is 4.79 Å². The number of carbonyl (C=O) groups is 1. The maximum Gasteiger partial charge on any atom is 0.254 e. The van der Waals surface area contributed by atoms with Gasteiger partial charge in [-0.1, -0.05) is 35.9 Å². The van der Waals surface area contributed by atoms with Crippen molar-refractivity contribution in [1.82, 2.24) is 15.3 Å². The fourth-order valence-electron chi connectivity index (χ4n) is 2.59. The van der Waals surface area contributed by atoms with Gasteiger partial charge in [-0.3, -0.25) is 4.79 Å². The van der Waals surface area contributed by atoms with Crippen LogP contribution in [0.3, 0.4) is 0 Å². The van der Waals surface area contributed by atoms with Gasteiger partial charge in [-0.05, 0) is 55.2 Å². The molecule has 27 heavy (non-hydrogen) atoms. The normalized spacial score (nSPS) is 10.5. The van der Waals surface area contributed by atoms with E-state index in [1.54, 1.807) is 0 Å². The largest absolute Gasteiger partial charge is 0.352 e. The second kappa shape index (κ2) is 8.64. The molecule has 0 aliphatic carbocycles. The van der Waals surface area contributed by atoms with Crippen molar-refractivity contribution in [2.75, 3.05) is 11.9 Å². The molecule has 5 nitrogen and oxygen atoms in total. The van der Waals surface area contributed by atoms with Crippen molar-refractivity contribution in [3.05, 3.63) is 82.1 Å². The molecule has 2 aromatic carbocycles. The van der Waals surface area contributed by atoms with Crippen molar-refractivity contribution in [3.63, 3.8) is 0 Å². The number of benzene rings is 2. The van der Waals surface area contributed by atoms with E-state index in [4.69, 9.17) is 11.6 Å². The molecule has 3 rings (SSSR count). The van der Waals surface area contributed by atoms with Crippen molar-refractivity contribution in [2.45, 2.75) is 20.3 Å². The molecular formula is C21H21ClN4O. The number of carbonyl (C=O) groups excluding carboxylic acids is 1. The second-order valence-corrected chi connectivity index (χ2v) is 6.74. The number of nitrogens with one attached hydrogen (secondary N) is 2. The van der Waals surface area contributed by atoms with Gasteiger partial charge in [0.25, 0.3) is 5.91 Å². The molecule has 6 heteroatoms. The molecule has 0 aliphatic heterocycles. The zero-order chi connectivity index (χ0) is 19.2. The molecule has 0 atom stereocenters. The summed E-state index contributed by atoms with van der Waals surface area (Å²) < 4.78 is 0. The summed E-state index contributed by atoms with van der Waals surface area (Å²) in [6.45, 7) is 4.63. The predicted molar refractivity (Wildman–Crippen MR) is 109 cm³/mol. The molecule has 0 unspecified atom stereocenters. The number of anilines is 2. The van der Waals surface area contributed by atoms with E-state index in [1.165, 1.54) is 18.0 Å². The van der Waals surface area contributed by atoms with Crippen LogP contribution in [0.25, 0.3) is 0 Å². The fraction of sp³-hybridized carbons (Fsp3) is 0.190. The van der Waals surface area contributed by atoms with Gasteiger partial charge in [-0.2, -0.15) is 0 Å². The highest BCUT2D eigenvalue weighted by Gasteiger charge is 2.08. The molecule has 1 amide bonds. The third-order valence-electron chi connectivity index (χ3n) is 4.38. The number of rotatable bonds is 6. The topological polar surface area (TPSA) is 66.9 Å². The Morgan fingerprint density at radius 1 is 1.04 bits per heavy atom. The Balaban J connectivity index is 1.55. The van der Waals surface area contributed by atoms with Crippen LogP contribution in [0.15, 0.2) is 54.9 Å². The van der Waals surface area contributed by atoms with E-state index in [0.29, 0.717) is 23.1 Å². The molecule has 0 fully saturated rings. The van der Waals surface area contributed by atoms with Crippen molar-refractivity contribution in [1.29, 1.82) is 0 Å². The van der Waals surface area contributed by atoms with Crippen LogP contribution in [0, 0.1) is 13.8 Å². The zero-order valence-corrected chi connectivity index (χ0v) is 16.0. The van der Waals surface area contributed by atoms with E-state index >= 15 is 0 Å². The average Bonchev–Trinajstić information content (AvgIpc) is 2.67. The van der Waals surface area contributed by atoms with Gasteiger partial charge in [0.05, 0.1) is 5.56 Å². The van der Waals surface area contributed by atoms with Gasteiger partial charge in [0.1, 0.15) is 0 Å². The lowest BCUT2D eigenvalue weighted by molar-refractivity contribution is 0.0953. The lowest BCUT2D eigenvalue weighted by Crippen LogP contribution is -2.26. The Morgan fingerprint density at radius 3 is 2.44 bits per heavy atom. The monoisotopic (exact) mass is 380 g/mol. The van der Waals surface area contributed by atoms with Crippen molar-refractivity contribution >= 4 is 29.1 Å². The van der Waals surface area contributed by atoms with E-state index < -0.39 is 0 Å². The standard InChI is InChI=1S/C21H21ClN4O/c1-14-4-3-5-19(15(14)2)26-21-24-12-17(13-25-21)20(27)23-11-10-16-6-8-18(22)9-7-16/h3-9,12-13H,10-11H2,1-2H3,(H,23,27)(H,24,25,26). The molecule has 138 valence electrons. The molecule has 0 saturated carbocycles. The number of aryl methyl sites for hydroxylation is 1. The average molecular weight is 381 g/mol. The van der Waals surface area contributed by atoms with Crippen LogP contribution in [-0.4, -0.2) is 22.4 Å². The summed E-state index contributed by atoms with van der Waals surface area (Å²) in [5, 5.41) is 6.76. The minimum absolute atomic E-state index is 0.192. The van der Waals surface area contributed by atoms with E-state index in [0.717, 1.165) is 23.2 Å². The first-order chi connectivity index (χ1) is 13.0. The first-order valence-electron chi connectivity index (χ1n) is 8.71. The highest BCUT2D eigenvalue weighted by atomic mass is 35.5. The number of hydrogen-bond acceptors (Lipinski definition) is 4. The molecule has 2 N–H and O–H groups in total. The molecular weight excluding hydrogens is 360 g/mol. The SMILES string of the molecule is Cc1cccc(Nc2ncc(C(=O)NCCc3ccc(Cl)cc3)cn2)c1C. The van der Waals surface area contributed by atoms with Crippen molar-refractivity contribution in [3.8, 4) is 0 Å². The molecule has 1 heterocycles. The smallest absolute Gasteiger partial charge is 0.254 e. The Hall–Kier alpha value is -2.92. The second-order valence-electron chi connectivity index (χ2n) is 6.30. The van der Waals surface area contributed by atoms with Gasteiger partial charge < -0.3 is 10.6 Å². The molecule has 3 aromatic rings. The van der Waals surface area contributed by atoms with E-state index in [-0.39, 0.29) is 5.91 Å². The van der Waals surface area contributed by atoms with Gasteiger partial charge in [-0.15, -0.1) is 0 Å². The van der Waals surface area contributed by atoms with Crippen LogP contribution in [0.5, 0.6) is 0 Å². The summed E-state index contributed by atoms with van der Waals surface area (Å²) in [5.41, 5.74) is 4.83. The number of amides is 1. The number of aromatic nitrogens is 2. The van der Waals surface area contributed by atoms with Crippen LogP contribution in [-0.2, 0) is 6.42 Å². The Labute approximate surface area is 163 Å². The van der Waals surface area contributed by atoms with Gasteiger partial charge in [0.2, 0.25) is 5.95 Å². The molecule has 0 aliphatic rings. The number of halogens is 1. The number of hydrogen-bond donors (Lipinski definition) is 2. The zero-order valence-electron chi connectivity index (χ0n) is 15.3. The summed E-state index contributed by atoms with van der Waals surface area (Å²) >= 11 is 5.87. The Kier molecular flexibility index (Phi) is 6.04. The van der Waals surface area contributed by atoms with E-state index in [1.807, 2.05) is 43.3 Å². The molecule has 0 saturated heterocycles. The highest BCUT2D eigenvalue weighted by molar-refractivity contribution is 6.30. The third-order valence-corrected chi connectivity index (χ3v) is 4.63. The quantitative estimate of drug-likeness (QED) is 0.662. The summed E-state index contributed by atoms with van der Waals surface area (Å²) in [6.07, 6.45) is 3.78. The predicted octanol–water partition coefficient (Wildman–Crippen LogP) is 4.46. The molecule has 0 bridgehead atoms. The number of nitrogens with zero attached hydrogens (tertiary/aromatic N) is 2. The van der Waals surface area contributed by atoms with Gasteiger partial charge in [0, 0.05) is 29.6 Å². The van der Waals surface area contributed by atoms with Crippen molar-refractivity contribution < 1.29 is 4.79 Å². The van der Waals surface area contributed by atoms with Crippen LogP contribution in [0.2, 0.25) is 5.02 Å². The first-order valence-corrected chi connectivity index (χ1v) is 9.08. The first kappa shape index (κ1) is 18.9. The minimum atomic E-state index is -0.192. The van der Waals surface area contributed by atoms with E-state index in [2.05, 4.69) is 33.6 Å². The molecule has 0 spiro atoms. The maximum absolute atomic E-state index is 12.2. The van der Waals surface area contributed by atoms with Gasteiger partial charge >= 0.3 is 0 Å². The fourth-order valence-corrected chi connectivity index (χ4v) is 2.72. The van der Waals surface area contributed by atoms with Crippen molar-refractivity contribution in [2.24, 2.45) is 0 Å². The minimum Gasteiger partial charge on any atom is -0.352 e. The lowest BCUT2D eigenvalue weighted by Gasteiger charge is -2.10. The summed E-state index contributed by atoms with van der Waals surface area (Å²) in [5.74, 6) is 0.267. The van der Waals surface area contributed by atoms with Gasteiger partial charge in [0.15, 0.2) is 0 Å². The third kappa shape index (κ3) is 5.05. The summed E-state index contributed by atoms with van der Waals surface area (Å²) in [6, 6.07) is 13.6. The summed E-state index contributed by atoms with van der Waals surface area (Å²) in [4.78, 5) is 20.7. The highest BCUT2D eigenvalue weighted by Crippen LogP contribution is 2.20. The van der Waals surface area contributed by atoms with Gasteiger partial charge in [-0.25, -0.2) is 9.97 Å². The van der Waals surface area contributed by atoms with Crippen LogP contribution < -0.4 is 10.6 Å². The molecule has 0 radical (unpaired) electrons. The van der Waals surface area contributed by atoms with Crippen LogP contribution in [0.4, 0.5) is 11.6 Å². The maximum atomic E-state index is 12.2. The molecule has 1 aromatic heterocycles. The Bertz CT molecular complexity index is 924. The van der Waals surface area contributed by atoms with Crippen LogP contribution >= 0.6 is 11.6 Å². The Morgan fingerprint density at radius 2 is 1.74 bits per heavy atom. The van der Waals surface area contributed by atoms with Crippen LogP contribution in [0.1, 0.15) is 27.0 Å².